The topological polar surface area (TPSA) is 37.3 Å². The van der Waals surface area contributed by atoms with Crippen LogP contribution in [0.3, 0.4) is 0 Å². The fourth-order valence-electron chi connectivity index (χ4n) is 0.632. The summed E-state index contributed by atoms with van der Waals surface area (Å²) in [5, 5.41) is 8.48. The highest BCUT2D eigenvalue weighted by atomic mass is 79.9. The zero-order valence-electron chi connectivity index (χ0n) is 5.23. The van der Waals surface area contributed by atoms with Crippen molar-refractivity contribution in [2.45, 2.75) is 17.7 Å². The maximum absolute atomic E-state index is 10.3. The van der Waals surface area contributed by atoms with Gasteiger partial charge in [0.2, 0.25) is 0 Å². The van der Waals surface area contributed by atoms with Crippen molar-refractivity contribution in [3.63, 3.8) is 0 Å². The molecule has 1 aliphatic rings. The zero-order chi connectivity index (χ0) is 7.28. The summed E-state index contributed by atoms with van der Waals surface area (Å²) in [5.41, 5.74) is -0.907. The number of halogens is 3. The Morgan fingerprint density at radius 1 is 1.60 bits per heavy atom. The molecule has 0 spiro atoms. The summed E-state index contributed by atoms with van der Waals surface area (Å²) in [7, 11) is 0. The molecule has 0 bridgehead atoms. The molecule has 0 aliphatic heterocycles. The van der Waals surface area contributed by atoms with E-state index in [9.17, 15) is 4.79 Å². The molecule has 1 unspecified atom stereocenters. The number of rotatable bonds is 1. The van der Waals surface area contributed by atoms with E-state index in [0.717, 1.165) is 0 Å². The Morgan fingerprint density at radius 2 is 1.90 bits per heavy atom. The highest BCUT2D eigenvalue weighted by Crippen LogP contribution is 2.63. The molecule has 1 saturated carbocycles. The Hall–Kier alpha value is 0.530. The number of hydrogen-bond acceptors (Lipinski definition) is 1. The van der Waals surface area contributed by atoms with E-state index in [1.54, 1.807) is 0 Å². The van der Waals surface area contributed by atoms with E-state index < -0.39 is 15.7 Å². The first-order valence-corrected chi connectivity index (χ1v) is 3.27. The third kappa shape index (κ3) is 1.27. The molecule has 5 heteroatoms. The monoisotopic (exact) mass is 248 g/mol. The summed E-state index contributed by atoms with van der Waals surface area (Å²) in [5.74, 6) is -0.924. The van der Waals surface area contributed by atoms with Gasteiger partial charge in [-0.2, -0.15) is 0 Å². The summed E-state index contributed by atoms with van der Waals surface area (Å²) in [6.07, 6.45) is 0.346. The van der Waals surface area contributed by atoms with Crippen LogP contribution in [0, 0.1) is 5.41 Å². The Labute approximate surface area is 79.3 Å². The van der Waals surface area contributed by atoms with Gasteiger partial charge in [-0.3, -0.25) is 4.79 Å². The Kier molecular flexibility index (Phi) is 2.67. The molecule has 1 atom stereocenters. The van der Waals surface area contributed by atoms with Crippen molar-refractivity contribution in [1.29, 1.82) is 0 Å². The quantitative estimate of drug-likeness (QED) is 0.724. The van der Waals surface area contributed by atoms with Crippen LogP contribution in [0.15, 0.2) is 0 Å². The molecule has 1 fully saturated rings. The smallest absolute Gasteiger partial charge is 0.312 e. The van der Waals surface area contributed by atoms with Gasteiger partial charge in [0.25, 0.3) is 0 Å². The van der Waals surface area contributed by atoms with E-state index in [1.807, 2.05) is 0 Å². The zero-order valence-corrected chi connectivity index (χ0v) is 8.45. The first-order valence-electron chi connectivity index (χ1n) is 2.51. The molecule has 2 nitrogen and oxygen atoms in total. The van der Waals surface area contributed by atoms with E-state index in [2.05, 4.69) is 0 Å². The van der Waals surface area contributed by atoms with Gasteiger partial charge in [0.05, 0.1) is 0 Å². The SMILES string of the molecule is Br.CC1(C(=O)O)CC1(Cl)Cl. The van der Waals surface area contributed by atoms with Gasteiger partial charge in [0.1, 0.15) is 9.75 Å². The summed E-state index contributed by atoms with van der Waals surface area (Å²) in [6.45, 7) is 1.54. The first kappa shape index (κ1) is 10.5. The number of alkyl halides is 2. The van der Waals surface area contributed by atoms with Gasteiger partial charge in [-0.15, -0.1) is 40.2 Å². The average Bonchev–Trinajstić information content (AvgIpc) is 2.08. The summed E-state index contributed by atoms with van der Waals surface area (Å²) in [6, 6.07) is 0. The van der Waals surface area contributed by atoms with Crippen LogP contribution >= 0.6 is 40.2 Å². The van der Waals surface area contributed by atoms with Crippen molar-refractivity contribution in [3.8, 4) is 0 Å². The Bertz CT molecular complexity index is 171. The van der Waals surface area contributed by atoms with E-state index in [1.165, 1.54) is 6.92 Å². The van der Waals surface area contributed by atoms with Crippen molar-refractivity contribution in [1.82, 2.24) is 0 Å². The maximum Gasteiger partial charge on any atom is 0.312 e. The molecular weight excluding hydrogens is 243 g/mol. The summed E-state index contributed by atoms with van der Waals surface area (Å²) >= 11 is 11.1. The van der Waals surface area contributed by atoms with Gasteiger partial charge < -0.3 is 5.11 Å². The molecule has 1 aliphatic carbocycles. The highest BCUT2D eigenvalue weighted by molar-refractivity contribution is 8.93. The lowest BCUT2D eigenvalue weighted by Crippen LogP contribution is -2.16. The maximum atomic E-state index is 10.3. The van der Waals surface area contributed by atoms with Crippen molar-refractivity contribution < 1.29 is 9.90 Å². The molecule has 0 saturated heterocycles. The second-order valence-corrected chi connectivity index (χ2v) is 4.00. The molecule has 0 amide bonds. The average molecular weight is 250 g/mol. The normalized spacial score (nSPS) is 34.3. The lowest BCUT2D eigenvalue weighted by Gasteiger charge is -2.02. The predicted octanol–water partition coefficient (Wildman–Crippen LogP) is 2.23. The van der Waals surface area contributed by atoms with E-state index in [4.69, 9.17) is 28.3 Å². The van der Waals surface area contributed by atoms with Gasteiger partial charge in [-0.05, 0) is 6.92 Å². The van der Waals surface area contributed by atoms with Gasteiger partial charge in [-0.25, -0.2) is 0 Å². The van der Waals surface area contributed by atoms with Crippen LogP contribution in [0.25, 0.3) is 0 Å². The molecule has 0 aromatic carbocycles. The lowest BCUT2D eigenvalue weighted by molar-refractivity contribution is -0.142. The molecular formula is C5H7BrCl2O2. The Balaban J connectivity index is 0.000000810. The number of hydrogen-bond donors (Lipinski definition) is 1. The minimum Gasteiger partial charge on any atom is -0.481 e. The molecule has 1 N–H and O–H groups in total. The van der Waals surface area contributed by atoms with Crippen molar-refractivity contribution in [3.05, 3.63) is 0 Å². The first-order chi connectivity index (χ1) is 3.90. The third-order valence-corrected chi connectivity index (χ3v) is 2.83. The standard InChI is InChI=1S/C5H6Cl2O2.BrH/c1-4(3(8)9)2-5(4,6)7;/h2H2,1H3,(H,8,9);1H. The molecule has 0 aromatic heterocycles. The van der Waals surface area contributed by atoms with Gasteiger partial charge in [-0.1, -0.05) is 0 Å². The highest BCUT2D eigenvalue weighted by Gasteiger charge is 2.68. The minimum atomic E-state index is -1.03. The van der Waals surface area contributed by atoms with Crippen molar-refractivity contribution in [2.75, 3.05) is 0 Å². The van der Waals surface area contributed by atoms with Crippen LogP contribution in [-0.4, -0.2) is 15.4 Å². The number of carboxylic acid groups (broad SMARTS) is 1. The van der Waals surface area contributed by atoms with Crippen LogP contribution in [0.5, 0.6) is 0 Å². The molecule has 1 rings (SSSR count). The van der Waals surface area contributed by atoms with E-state index in [-0.39, 0.29) is 17.0 Å². The molecule has 0 radical (unpaired) electrons. The lowest BCUT2D eigenvalue weighted by atomic mass is 10.1. The predicted molar refractivity (Wildman–Crippen MR) is 45.1 cm³/mol. The number of carbonyl (C=O) groups is 1. The fourth-order valence-corrected chi connectivity index (χ4v) is 1.33. The van der Waals surface area contributed by atoms with Gasteiger partial charge in [0.15, 0.2) is 0 Å². The van der Waals surface area contributed by atoms with Crippen LogP contribution in [-0.2, 0) is 4.79 Å². The second kappa shape index (κ2) is 2.54. The summed E-state index contributed by atoms with van der Waals surface area (Å²) < 4.78 is -1.03. The second-order valence-electron chi connectivity index (χ2n) is 2.52. The Morgan fingerprint density at radius 3 is 1.90 bits per heavy atom. The fraction of sp³-hybridized carbons (Fsp3) is 0.800. The molecule has 60 valence electrons. The largest absolute Gasteiger partial charge is 0.481 e. The number of carboxylic acids is 1. The van der Waals surface area contributed by atoms with Gasteiger partial charge in [0, 0.05) is 6.42 Å². The minimum absolute atomic E-state index is 0. The van der Waals surface area contributed by atoms with Crippen LogP contribution < -0.4 is 0 Å². The van der Waals surface area contributed by atoms with Crippen molar-refractivity contribution >= 4 is 46.2 Å². The third-order valence-electron chi connectivity index (χ3n) is 1.73. The van der Waals surface area contributed by atoms with Gasteiger partial charge >= 0.3 is 5.97 Å². The molecule has 10 heavy (non-hydrogen) atoms. The van der Waals surface area contributed by atoms with Crippen LogP contribution in [0.4, 0.5) is 0 Å². The molecule has 0 heterocycles. The van der Waals surface area contributed by atoms with Crippen molar-refractivity contribution in [2.24, 2.45) is 5.41 Å². The van der Waals surface area contributed by atoms with Crippen LogP contribution in [0.2, 0.25) is 0 Å². The number of aliphatic carboxylic acids is 1. The van der Waals surface area contributed by atoms with E-state index >= 15 is 0 Å². The van der Waals surface area contributed by atoms with Crippen LogP contribution in [0.1, 0.15) is 13.3 Å². The summed E-state index contributed by atoms with van der Waals surface area (Å²) in [4.78, 5) is 10.3. The molecule has 0 aromatic rings. The van der Waals surface area contributed by atoms with E-state index in [0.29, 0.717) is 6.42 Å².